The van der Waals surface area contributed by atoms with Gasteiger partial charge in [-0.25, -0.2) is 0 Å². The van der Waals surface area contributed by atoms with Gasteiger partial charge >= 0.3 is 5.97 Å². The predicted octanol–water partition coefficient (Wildman–Crippen LogP) is 1.51. The van der Waals surface area contributed by atoms with Crippen LogP contribution in [0.4, 0.5) is 0 Å². The number of benzene rings is 1. The molecule has 0 amide bonds. The number of methoxy groups -OCH3 is 1. The van der Waals surface area contributed by atoms with Gasteiger partial charge in [0.1, 0.15) is 24.2 Å². The van der Waals surface area contributed by atoms with Crippen molar-refractivity contribution in [1.29, 1.82) is 0 Å². The van der Waals surface area contributed by atoms with E-state index in [1.807, 2.05) is 30.3 Å². The molecule has 2 saturated heterocycles. The molecule has 2 aliphatic rings. The third-order valence-electron chi connectivity index (χ3n) is 4.56. The highest BCUT2D eigenvalue weighted by atomic mass is 16.8. The Hall–Kier alpha value is -2.07. The molecule has 0 saturated carbocycles. The second kappa shape index (κ2) is 7.89. The summed E-state index contributed by atoms with van der Waals surface area (Å²) < 4.78 is 28.2. The average Bonchev–Trinajstić information content (AvgIpc) is 3.09. The van der Waals surface area contributed by atoms with Crippen LogP contribution in [0.1, 0.15) is 19.4 Å². The van der Waals surface area contributed by atoms with Crippen molar-refractivity contribution < 1.29 is 33.4 Å². The lowest BCUT2D eigenvalue weighted by Crippen LogP contribution is -2.45. The first kappa shape index (κ1) is 19.7. The van der Waals surface area contributed by atoms with Crippen LogP contribution in [0.3, 0.4) is 0 Å². The van der Waals surface area contributed by atoms with Crippen molar-refractivity contribution in [3.05, 3.63) is 46.0 Å². The Morgan fingerprint density at radius 3 is 2.63 bits per heavy atom. The van der Waals surface area contributed by atoms with Crippen molar-refractivity contribution >= 4 is 5.97 Å². The molecule has 1 aromatic rings. The van der Waals surface area contributed by atoms with Crippen LogP contribution in [-0.2, 0) is 35.1 Å². The Balaban J connectivity index is 1.82. The molecule has 0 aliphatic carbocycles. The van der Waals surface area contributed by atoms with E-state index in [2.05, 4.69) is 0 Å². The van der Waals surface area contributed by atoms with Crippen LogP contribution in [0.25, 0.3) is 0 Å². The van der Waals surface area contributed by atoms with Gasteiger partial charge in [-0.2, -0.15) is 0 Å². The first-order valence-corrected chi connectivity index (χ1v) is 8.67. The molecule has 27 heavy (non-hydrogen) atoms. The number of esters is 1. The fourth-order valence-corrected chi connectivity index (χ4v) is 3.41. The zero-order chi connectivity index (χ0) is 19.6. The lowest BCUT2D eigenvalue weighted by atomic mass is 9.96. The number of fused-ring (bicyclic) bond motifs is 1. The van der Waals surface area contributed by atoms with E-state index >= 15 is 0 Å². The molecule has 0 aromatic heterocycles. The Kier molecular flexibility index (Phi) is 5.75. The molecule has 5 atom stereocenters. The van der Waals surface area contributed by atoms with Crippen molar-refractivity contribution in [2.24, 2.45) is 5.92 Å². The number of hydrogen-bond acceptors (Lipinski definition) is 8. The molecule has 2 fully saturated rings. The van der Waals surface area contributed by atoms with E-state index in [0.717, 1.165) is 5.56 Å². The number of ether oxygens (including phenoxy) is 5. The van der Waals surface area contributed by atoms with Crippen LogP contribution < -0.4 is 0 Å². The summed E-state index contributed by atoms with van der Waals surface area (Å²) in [6.07, 6.45) is -3.02. The predicted molar refractivity (Wildman–Crippen MR) is 91.1 cm³/mol. The van der Waals surface area contributed by atoms with Crippen LogP contribution in [0.5, 0.6) is 0 Å². The molecule has 148 valence electrons. The quantitative estimate of drug-likeness (QED) is 0.397. The van der Waals surface area contributed by atoms with E-state index in [4.69, 9.17) is 23.7 Å². The van der Waals surface area contributed by atoms with Gasteiger partial charge in [0.2, 0.25) is 6.54 Å². The molecule has 9 heteroatoms. The largest absolute Gasteiger partial charge is 0.469 e. The van der Waals surface area contributed by atoms with Gasteiger partial charge in [0.25, 0.3) is 0 Å². The van der Waals surface area contributed by atoms with E-state index in [9.17, 15) is 14.9 Å². The van der Waals surface area contributed by atoms with Gasteiger partial charge in [0, 0.05) is 4.92 Å². The van der Waals surface area contributed by atoms with Crippen molar-refractivity contribution in [3.8, 4) is 0 Å². The van der Waals surface area contributed by atoms with E-state index in [-0.39, 0.29) is 6.61 Å². The van der Waals surface area contributed by atoms with E-state index < -0.39 is 53.7 Å². The van der Waals surface area contributed by atoms with Crippen LogP contribution in [0, 0.1) is 16.0 Å². The van der Waals surface area contributed by atoms with Crippen LogP contribution in [0.15, 0.2) is 30.3 Å². The van der Waals surface area contributed by atoms with Crippen molar-refractivity contribution in [3.63, 3.8) is 0 Å². The summed E-state index contributed by atoms with van der Waals surface area (Å²) in [5, 5.41) is 11.1. The molecule has 0 spiro atoms. The Morgan fingerprint density at radius 2 is 2.00 bits per heavy atom. The number of carbonyl (C=O) groups is 1. The first-order valence-electron chi connectivity index (χ1n) is 8.67. The Morgan fingerprint density at radius 1 is 1.30 bits per heavy atom. The van der Waals surface area contributed by atoms with E-state index in [0.29, 0.717) is 0 Å². The van der Waals surface area contributed by atoms with Gasteiger partial charge in [-0.3, -0.25) is 14.9 Å². The minimum absolute atomic E-state index is 0.241. The van der Waals surface area contributed by atoms with E-state index in [1.165, 1.54) is 7.11 Å². The Bertz CT molecular complexity index is 679. The average molecular weight is 381 g/mol. The summed E-state index contributed by atoms with van der Waals surface area (Å²) in [4.78, 5) is 22.6. The smallest absolute Gasteiger partial charge is 0.318 e. The third kappa shape index (κ3) is 4.44. The molecule has 0 bridgehead atoms. The zero-order valence-electron chi connectivity index (χ0n) is 15.4. The molecule has 2 aliphatic heterocycles. The molecular weight excluding hydrogens is 358 g/mol. The van der Waals surface area contributed by atoms with E-state index in [1.54, 1.807) is 13.8 Å². The number of nitro groups is 1. The lowest BCUT2D eigenvalue weighted by molar-refractivity contribution is -0.489. The summed E-state index contributed by atoms with van der Waals surface area (Å²) in [6, 6.07) is 9.45. The van der Waals surface area contributed by atoms with Gasteiger partial charge in [-0.05, 0) is 19.4 Å². The molecule has 0 radical (unpaired) electrons. The van der Waals surface area contributed by atoms with Gasteiger partial charge in [-0.1, -0.05) is 30.3 Å². The molecule has 0 unspecified atom stereocenters. The van der Waals surface area contributed by atoms with Crippen molar-refractivity contribution in [2.75, 3.05) is 13.7 Å². The maximum atomic E-state index is 12.2. The zero-order valence-corrected chi connectivity index (χ0v) is 15.4. The molecule has 3 rings (SSSR count). The standard InChI is InChI=1S/C18H23NO8/c1-18(2)26-15-14(24-10-11-7-5-4-6-8-11)13(25-17(15)27-18)12(9-19(21)22)16(20)23-3/h4-8,12-15,17H,9-10H2,1-3H3/t12-,13-,14+,15-,17-/m1/s1. The third-order valence-corrected chi connectivity index (χ3v) is 4.56. The fraction of sp³-hybridized carbons (Fsp3) is 0.611. The number of rotatable bonds is 7. The monoisotopic (exact) mass is 381 g/mol. The molecule has 0 N–H and O–H groups in total. The Labute approximate surface area is 156 Å². The van der Waals surface area contributed by atoms with Crippen LogP contribution in [0.2, 0.25) is 0 Å². The number of carbonyl (C=O) groups excluding carboxylic acids is 1. The van der Waals surface area contributed by atoms with Crippen molar-refractivity contribution in [1.82, 2.24) is 0 Å². The van der Waals surface area contributed by atoms with Gasteiger partial charge in [-0.15, -0.1) is 0 Å². The van der Waals surface area contributed by atoms with Gasteiger partial charge in [0.05, 0.1) is 13.7 Å². The summed E-state index contributed by atoms with van der Waals surface area (Å²) >= 11 is 0. The molecule has 1 aromatic carbocycles. The summed E-state index contributed by atoms with van der Waals surface area (Å²) in [7, 11) is 1.18. The highest BCUT2D eigenvalue weighted by Gasteiger charge is 2.59. The maximum absolute atomic E-state index is 12.2. The topological polar surface area (TPSA) is 106 Å². The highest BCUT2D eigenvalue weighted by molar-refractivity contribution is 5.73. The maximum Gasteiger partial charge on any atom is 0.318 e. The minimum Gasteiger partial charge on any atom is -0.469 e. The minimum atomic E-state index is -1.13. The first-order chi connectivity index (χ1) is 12.8. The SMILES string of the molecule is COC(=O)[C@H](C[N+](=O)[O-])[C@H]1O[C@@H]2OC(C)(C)O[C@@H]2[C@H]1OCc1ccccc1. The normalized spacial score (nSPS) is 29.9. The summed E-state index contributed by atoms with van der Waals surface area (Å²) in [5.74, 6) is -2.74. The fourth-order valence-electron chi connectivity index (χ4n) is 3.41. The summed E-state index contributed by atoms with van der Waals surface area (Å²) in [5.41, 5.74) is 0.918. The van der Waals surface area contributed by atoms with Crippen LogP contribution >= 0.6 is 0 Å². The van der Waals surface area contributed by atoms with Crippen molar-refractivity contribution in [2.45, 2.75) is 50.8 Å². The molecule has 9 nitrogen and oxygen atoms in total. The highest BCUT2D eigenvalue weighted by Crippen LogP contribution is 2.41. The summed E-state index contributed by atoms with van der Waals surface area (Å²) in [6.45, 7) is 3.09. The van der Waals surface area contributed by atoms with Gasteiger partial charge < -0.3 is 23.7 Å². The second-order valence-electron chi connectivity index (χ2n) is 6.98. The van der Waals surface area contributed by atoms with Crippen LogP contribution in [-0.4, -0.2) is 54.9 Å². The second-order valence-corrected chi connectivity index (χ2v) is 6.98. The number of hydrogen-bond donors (Lipinski definition) is 0. The molecular formula is C18H23NO8. The lowest BCUT2D eigenvalue weighted by Gasteiger charge is -2.28. The van der Waals surface area contributed by atoms with Gasteiger partial charge in [0.15, 0.2) is 12.1 Å². The molecule has 2 heterocycles. The number of nitrogens with zero attached hydrogens (tertiary/aromatic N) is 1.